The molecule has 0 aromatic heterocycles. The Morgan fingerprint density at radius 3 is 2.33 bits per heavy atom. The second-order valence-corrected chi connectivity index (χ2v) is 1.91. The normalized spacial score (nSPS) is 26.9. The molecule has 1 aliphatic rings. The predicted molar refractivity (Wildman–Crippen MR) is 33.5 cm³/mol. The first kappa shape index (κ1) is 6.12. The molecular weight excluding hydrogens is 118 g/mol. The molecule has 4 heteroatoms. The summed E-state index contributed by atoms with van der Waals surface area (Å²) in [6, 6.07) is 0. The van der Waals surface area contributed by atoms with Crippen LogP contribution in [0.25, 0.3) is 0 Å². The molecular formula is C5H9N3O. The van der Waals surface area contributed by atoms with Crippen LogP contribution in [0.2, 0.25) is 0 Å². The molecule has 1 heterocycles. The van der Waals surface area contributed by atoms with E-state index in [1.807, 2.05) is 0 Å². The van der Waals surface area contributed by atoms with E-state index in [2.05, 4.69) is 18.6 Å². The summed E-state index contributed by atoms with van der Waals surface area (Å²) in [5, 5.41) is 11.9. The van der Waals surface area contributed by atoms with Crippen molar-refractivity contribution in [3.8, 4) is 0 Å². The molecule has 9 heavy (non-hydrogen) atoms. The Hall–Kier alpha value is -1.00. The van der Waals surface area contributed by atoms with Crippen molar-refractivity contribution in [3.05, 3.63) is 29.8 Å². The fourth-order valence-electron chi connectivity index (χ4n) is 0.610. The minimum absolute atomic E-state index is 0.162. The zero-order valence-corrected chi connectivity index (χ0v) is 5.27. The molecule has 50 valence electrons. The number of nitrogens with one attached hydrogen (secondary N) is 2. The van der Waals surface area contributed by atoms with E-state index < -0.39 is 0 Å². The van der Waals surface area contributed by atoms with E-state index >= 15 is 0 Å². The number of nitrogens with zero attached hydrogens (tertiary/aromatic N) is 1. The zero-order valence-electron chi connectivity index (χ0n) is 5.27. The molecule has 0 aromatic carbocycles. The molecule has 0 amide bonds. The molecule has 0 aromatic rings. The topological polar surface area (TPSA) is 42.8 Å². The van der Waals surface area contributed by atoms with E-state index in [1.165, 1.54) is 5.01 Å². The molecule has 0 bridgehead atoms. The van der Waals surface area contributed by atoms with Gasteiger partial charge >= 0.3 is 0 Å². The first-order valence-corrected chi connectivity index (χ1v) is 2.56. The first-order chi connectivity index (χ1) is 4.13. The molecule has 0 spiro atoms. The molecule has 4 nitrogen and oxygen atoms in total. The van der Waals surface area contributed by atoms with Crippen LogP contribution in [0.3, 0.4) is 0 Å². The van der Waals surface area contributed by atoms with Gasteiger partial charge in [-0.2, -0.15) is 5.28 Å². The number of hydrogen-bond acceptors (Lipinski definition) is 3. The molecule has 2 N–H and O–H groups in total. The molecule has 0 aliphatic carbocycles. The molecule has 1 atom stereocenters. The van der Waals surface area contributed by atoms with E-state index in [9.17, 15) is 5.21 Å². The van der Waals surface area contributed by atoms with E-state index in [4.69, 9.17) is 0 Å². The monoisotopic (exact) mass is 127 g/mol. The quantitative estimate of drug-likeness (QED) is 0.400. The lowest BCUT2D eigenvalue weighted by Crippen LogP contribution is -3.16. The third-order valence-corrected chi connectivity index (χ3v) is 1.32. The van der Waals surface area contributed by atoms with Crippen LogP contribution >= 0.6 is 0 Å². The lowest BCUT2D eigenvalue weighted by Gasteiger charge is -2.21. The zero-order chi connectivity index (χ0) is 7.02. The average Bonchev–Trinajstić information content (AvgIpc) is 1.98. The van der Waals surface area contributed by atoms with Gasteiger partial charge in [-0.1, -0.05) is 13.2 Å². The van der Waals surface area contributed by atoms with Gasteiger partial charge in [-0.3, -0.25) is 0 Å². The van der Waals surface area contributed by atoms with Crippen molar-refractivity contribution in [2.45, 2.75) is 0 Å². The summed E-state index contributed by atoms with van der Waals surface area (Å²) in [4.78, 5) is 0. The van der Waals surface area contributed by atoms with Gasteiger partial charge in [0.2, 0.25) is 0 Å². The van der Waals surface area contributed by atoms with Crippen LogP contribution in [-0.2, 0) is 0 Å². The summed E-state index contributed by atoms with van der Waals surface area (Å²) in [6.45, 7) is 7.17. The van der Waals surface area contributed by atoms with Gasteiger partial charge in [0, 0.05) is 0 Å². The third-order valence-electron chi connectivity index (χ3n) is 1.32. The van der Waals surface area contributed by atoms with E-state index in [1.54, 1.807) is 7.05 Å². The highest BCUT2D eigenvalue weighted by Crippen LogP contribution is 2.03. The lowest BCUT2D eigenvalue weighted by molar-refractivity contribution is -0.987. The Kier molecular flexibility index (Phi) is 1.19. The van der Waals surface area contributed by atoms with Crippen LogP contribution < -0.4 is 10.7 Å². The second kappa shape index (κ2) is 1.75. The molecule has 0 saturated carbocycles. The average molecular weight is 127 g/mol. The molecule has 1 fully saturated rings. The van der Waals surface area contributed by atoms with Crippen LogP contribution in [0.1, 0.15) is 0 Å². The number of rotatable bonds is 0. The van der Waals surface area contributed by atoms with Crippen LogP contribution in [0.15, 0.2) is 24.6 Å². The van der Waals surface area contributed by atoms with Gasteiger partial charge in [-0.05, 0) is 0 Å². The van der Waals surface area contributed by atoms with Crippen molar-refractivity contribution < 1.29 is 5.28 Å². The fourth-order valence-corrected chi connectivity index (χ4v) is 0.610. The largest absolute Gasteiger partial charge is 0.582 e. The van der Waals surface area contributed by atoms with Gasteiger partial charge in [0.25, 0.3) is 0 Å². The van der Waals surface area contributed by atoms with Gasteiger partial charge in [-0.25, -0.2) is 10.4 Å². The number of hydrogen-bond donors (Lipinski definition) is 2. The molecule has 0 radical (unpaired) electrons. The Bertz CT molecular complexity index is 166. The molecule has 1 rings (SSSR count). The van der Waals surface area contributed by atoms with Gasteiger partial charge in [0.05, 0.1) is 7.05 Å². The van der Waals surface area contributed by atoms with Gasteiger partial charge in [0.1, 0.15) is 11.4 Å². The van der Waals surface area contributed by atoms with Gasteiger partial charge in [0.15, 0.2) is 0 Å². The summed E-state index contributed by atoms with van der Waals surface area (Å²) in [5.41, 5.74) is 3.73. The molecule has 1 aliphatic heterocycles. The maximum Gasteiger partial charge on any atom is 0.111 e. The summed E-state index contributed by atoms with van der Waals surface area (Å²) >= 11 is 0. The van der Waals surface area contributed by atoms with E-state index in [0.717, 1.165) is 0 Å². The van der Waals surface area contributed by atoms with Crippen LogP contribution in [0.4, 0.5) is 0 Å². The smallest absolute Gasteiger partial charge is 0.111 e. The highest BCUT2D eigenvalue weighted by molar-refractivity contribution is 5.20. The fraction of sp³-hybridized carbons (Fsp3) is 0.200. The third kappa shape index (κ3) is 0.778. The van der Waals surface area contributed by atoms with Crippen LogP contribution in [0, 0.1) is 5.21 Å². The Morgan fingerprint density at radius 1 is 1.67 bits per heavy atom. The van der Waals surface area contributed by atoms with Crippen molar-refractivity contribution in [2.24, 2.45) is 0 Å². The van der Waals surface area contributed by atoms with E-state index in [0.29, 0.717) is 11.4 Å². The standard InChI is InChI=1S/C5H9N3O/c1-4-5(2)7(3)8(9)6-4/h6,8H,1-2H2,3H3. The minimum Gasteiger partial charge on any atom is -0.582 e. The van der Waals surface area contributed by atoms with Crippen molar-refractivity contribution in [1.82, 2.24) is 10.4 Å². The summed E-state index contributed by atoms with van der Waals surface area (Å²) in [5.74, 6) is 0. The SMILES string of the molecule is C=C1N[NH+]([O-])N(C)C1=C. The minimum atomic E-state index is -0.162. The Morgan fingerprint density at radius 2 is 2.22 bits per heavy atom. The van der Waals surface area contributed by atoms with Gasteiger partial charge in [-0.15, -0.1) is 0 Å². The number of quaternary nitrogens is 1. The van der Waals surface area contributed by atoms with Crippen molar-refractivity contribution in [3.63, 3.8) is 0 Å². The van der Waals surface area contributed by atoms with Crippen molar-refractivity contribution in [2.75, 3.05) is 7.05 Å². The Labute approximate surface area is 53.6 Å². The van der Waals surface area contributed by atoms with Crippen LogP contribution in [0.5, 0.6) is 0 Å². The molecule has 1 saturated heterocycles. The highest BCUT2D eigenvalue weighted by atomic mass is 16.6. The molecule has 1 unspecified atom stereocenters. The van der Waals surface area contributed by atoms with Crippen LogP contribution in [-0.4, -0.2) is 12.1 Å². The maximum absolute atomic E-state index is 10.7. The predicted octanol–water partition coefficient (Wildman–Crippen LogP) is -1.24. The first-order valence-electron chi connectivity index (χ1n) is 2.56. The van der Waals surface area contributed by atoms with Crippen molar-refractivity contribution >= 4 is 0 Å². The Balaban J connectivity index is 2.77. The number of likely N-dealkylation sites (N-methyl/N-ethyl adjacent to an activating group) is 1. The second-order valence-electron chi connectivity index (χ2n) is 1.91. The maximum atomic E-state index is 10.7. The summed E-state index contributed by atoms with van der Waals surface area (Å²) in [7, 11) is 1.65. The van der Waals surface area contributed by atoms with Gasteiger partial charge < -0.3 is 5.21 Å². The van der Waals surface area contributed by atoms with E-state index in [-0.39, 0.29) is 5.28 Å². The lowest BCUT2D eigenvalue weighted by atomic mass is 10.4. The van der Waals surface area contributed by atoms with Crippen molar-refractivity contribution in [1.29, 1.82) is 0 Å². The summed E-state index contributed by atoms with van der Waals surface area (Å²) in [6.07, 6.45) is 0. The highest BCUT2D eigenvalue weighted by Gasteiger charge is 2.21. The summed E-state index contributed by atoms with van der Waals surface area (Å²) < 4.78 is 0.